The average molecular weight is 484 g/mol. The molecule has 0 bridgehead atoms. The van der Waals surface area contributed by atoms with Gasteiger partial charge in [0.1, 0.15) is 5.56 Å². The summed E-state index contributed by atoms with van der Waals surface area (Å²) in [5.41, 5.74) is 1.78. The number of nitrogens with one attached hydrogen (secondary N) is 1. The Morgan fingerprint density at radius 3 is 2.82 bits per heavy atom. The highest BCUT2D eigenvalue weighted by atomic mass is 32.2. The maximum absolute atomic E-state index is 13.0. The van der Waals surface area contributed by atoms with E-state index in [2.05, 4.69) is 4.98 Å². The lowest BCUT2D eigenvalue weighted by Crippen LogP contribution is -2.24. The number of aromatic nitrogens is 2. The Morgan fingerprint density at radius 1 is 1.27 bits per heavy atom. The van der Waals surface area contributed by atoms with E-state index in [1.165, 1.54) is 7.11 Å². The van der Waals surface area contributed by atoms with Crippen LogP contribution in [0, 0.1) is 4.77 Å². The van der Waals surface area contributed by atoms with Gasteiger partial charge in [0.2, 0.25) is 5.88 Å². The van der Waals surface area contributed by atoms with E-state index in [4.69, 9.17) is 21.9 Å². The molecule has 0 saturated carbocycles. The number of hydrogen-bond donors (Lipinski definition) is 3. The Bertz CT molecular complexity index is 1330. The number of aromatic amines is 1. The molecule has 1 aliphatic rings. The Hall–Kier alpha value is -3.04. The van der Waals surface area contributed by atoms with Crippen LogP contribution in [0.2, 0.25) is 0 Å². The first-order valence-electron chi connectivity index (χ1n) is 10.7. The molecule has 0 spiro atoms. The van der Waals surface area contributed by atoms with Crippen LogP contribution in [-0.4, -0.2) is 32.6 Å². The van der Waals surface area contributed by atoms with Crippen LogP contribution in [0.5, 0.6) is 17.4 Å². The van der Waals surface area contributed by atoms with Crippen molar-refractivity contribution >= 4 is 35.4 Å². The highest BCUT2D eigenvalue weighted by molar-refractivity contribution is 7.99. The third-order valence-electron chi connectivity index (χ3n) is 5.54. The first kappa shape index (κ1) is 23.1. The number of hydrogen-bond acceptors (Lipinski definition) is 7. The fourth-order valence-electron chi connectivity index (χ4n) is 3.79. The maximum Gasteiger partial charge on any atom is 0.264 e. The van der Waals surface area contributed by atoms with Crippen molar-refractivity contribution in [3.05, 3.63) is 68.7 Å². The zero-order valence-electron chi connectivity index (χ0n) is 18.4. The van der Waals surface area contributed by atoms with E-state index in [-0.39, 0.29) is 27.2 Å². The van der Waals surface area contributed by atoms with Crippen molar-refractivity contribution in [1.82, 2.24) is 9.55 Å². The van der Waals surface area contributed by atoms with Crippen LogP contribution < -0.4 is 10.3 Å². The number of rotatable bonds is 6. The monoisotopic (exact) mass is 483 g/mol. The molecule has 33 heavy (non-hydrogen) atoms. The van der Waals surface area contributed by atoms with Gasteiger partial charge in [-0.1, -0.05) is 31.5 Å². The standard InChI is InChI=1S/C24H25N3O4S2/c1-3-4-11-27-23(30)21(22(29)26-24(27)32)16-13-20(14-9-10-17(28)18(12-14)31-2)33-19-8-6-5-7-15(19)25-16/h5-10,12,20,28,30H,3-4,11,13H2,1-2H3,(H,26,29,32)/t20-/m0/s1. The number of phenols is 1. The van der Waals surface area contributed by atoms with Crippen molar-refractivity contribution in [3.8, 4) is 17.4 Å². The Morgan fingerprint density at radius 2 is 2.06 bits per heavy atom. The summed E-state index contributed by atoms with van der Waals surface area (Å²) in [7, 11) is 1.50. The van der Waals surface area contributed by atoms with Gasteiger partial charge in [0.25, 0.3) is 5.56 Å². The number of methoxy groups -OCH3 is 1. The van der Waals surface area contributed by atoms with E-state index in [0.717, 1.165) is 29.0 Å². The lowest BCUT2D eigenvalue weighted by Gasteiger charge is -2.18. The number of phenolic OH excluding ortho intramolecular Hbond substituents is 1. The minimum Gasteiger partial charge on any atom is -0.504 e. The number of fused-ring (bicyclic) bond motifs is 1. The molecule has 0 aliphatic carbocycles. The normalized spacial score (nSPS) is 15.5. The lowest BCUT2D eigenvalue weighted by atomic mass is 10.0. The number of nitrogens with zero attached hydrogens (tertiary/aromatic N) is 2. The summed E-state index contributed by atoms with van der Waals surface area (Å²) in [6.45, 7) is 2.55. The number of H-pyrrole nitrogens is 1. The summed E-state index contributed by atoms with van der Waals surface area (Å²) in [6, 6.07) is 12.9. The zero-order valence-corrected chi connectivity index (χ0v) is 20.0. The molecule has 2 aromatic carbocycles. The molecule has 3 aromatic rings. The molecule has 1 atom stereocenters. The van der Waals surface area contributed by atoms with E-state index >= 15 is 0 Å². The molecule has 0 unspecified atom stereocenters. The summed E-state index contributed by atoms with van der Waals surface area (Å²) in [5, 5.41) is 21.0. The van der Waals surface area contributed by atoms with Crippen molar-refractivity contribution in [3.63, 3.8) is 0 Å². The van der Waals surface area contributed by atoms with Crippen LogP contribution >= 0.6 is 24.0 Å². The van der Waals surface area contributed by atoms with Crippen molar-refractivity contribution in [1.29, 1.82) is 0 Å². The van der Waals surface area contributed by atoms with E-state index in [9.17, 15) is 15.0 Å². The number of aromatic hydroxyl groups is 2. The Labute approximate surface area is 200 Å². The van der Waals surface area contributed by atoms with E-state index < -0.39 is 5.56 Å². The van der Waals surface area contributed by atoms with Crippen LogP contribution in [0.4, 0.5) is 5.69 Å². The predicted octanol–water partition coefficient (Wildman–Crippen LogP) is 5.48. The van der Waals surface area contributed by atoms with Gasteiger partial charge in [-0.15, -0.1) is 11.8 Å². The summed E-state index contributed by atoms with van der Waals surface area (Å²) in [4.78, 5) is 21.4. The van der Waals surface area contributed by atoms with Gasteiger partial charge in [0.15, 0.2) is 16.3 Å². The smallest absolute Gasteiger partial charge is 0.264 e. The minimum atomic E-state index is -0.463. The van der Waals surface area contributed by atoms with Crippen LogP contribution in [0.15, 0.2) is 57.1 Å². The number of benzene rings is 2. The van der Waals surface area contributed by atoms with Gasteiger partial charge in [-0.2, -0.15) is 0 Å². The number of unbranched alkanes of at least 4 members (excludes halogenated alkanes) is 1. The number of ether oxygens (including phenoxy) is 1. The van der Waals surface area contributed by atoms with Crippen LogP contribution in [0.1, 0.15) is 42.6 Å². The summed E-state index contributed by atoms with van der Waals surface area (Å²) >= 11 is 6.91. The van der Waals surface area contributed by atoms with Crippen LogP contribution in [0.3, 0.4) is 0 Å². The van der Waals surface area contributed by atoms with Crippen LogP contribution in [0.25, 0.3) is 0 Å². The first-order chi connectivity index (χ1) is 15.9. The predicted molar refractivity (Wildman–Crippen MR) is 133 cm³/mol. The molecule has 2 heterocycles. The highest BCUT2D eigenvalue weighted by Crippen LogP contribution is 2.47. The summed E-state index contributed by atoms with van der Waals surface area (Å²) < 4.78 is 7.04. The third kappa shape index (κ3) is 4.69. The molecule has 0 radical (unpaired) electrons. The number of aliphatic imine (C=N–C) groups is 1. The Balaban J connectivity index is 1.87. The van der Waals surface area contributed by atoms with E-state index in [0.29, 0.717) is 24.4 Å². The highest BCUT2D eigenvalue weighted by Gasteiger charge is 2.27. The quantitative estimate of drug-likeness (QED) is 0.401. The fourth-order valence-corrected chi connectivity index (χ4v) is 5.29. The van der Waals surface area contributed by atoms with Gasteiger partial charge < -0.3 is 14.9 Å². The number of para-hydroxylation sites is 1. The van der Waals surface area contributed by atoms with Gasteiger partial charge in [0, 0.05) is 23.1 Å². The van der Waals surface area contributed by atoms with E-state index in [1.807, 2.05) is 37.3 Å². The molecule has 0 fully saturated rings. The summed E-state index contributed by atoms with van der Waals surface area (Å²) in [6.07, 6.45) is 2.12. The fraction of sp³-hybridized carbons (Fsp3) is 0.292. The third-order valence-corrected chi connectivity index (χ3v) is 7.18. The molecule has 0 saturated heterocycles. The van der Waals surface area contributed by atoms with Crippen molar-refractivity contribution in [2.75, 3.05) is 7.11 Å². The molecule has 4 rings (SSSR count). The van der Waals surface area contributed by atoms with Gasteiger partial charge >= 0.3 is 0 Å². The zero-order chi connectivity index (χ0) is 23.5. The molecule has 172 valence electrons. The molecular formula is C24H25N3O4S2. The molecule has 1 aliphatic heterocycles. The molecule has 0 amide bonds. The van der Waals surface area contributed by atoms with Crippen molar-refractivity contribution in [2.45, 2.75) is 42.9 Å². The minimum absolute atomic E-state index is 0.0567. The van der Waals surface area contributed by atoms with Crippen molar-refractivity contribution in [2.24, 2.45) is 4.99 Å². The molecule has 3 N–H and O–H groups in total. The second-order valence-corrected chi connectivity index (χ2v) is 9.36. The lowest BCUT2D eigenvalue weighted by molar-refractivity contribution is 0.373. The maximum atomic E-state index is 13.0. The first-order valence-corrected chi connectivity index (χ1v) is 12.0. The van der Waals surface area contributed by atoms with Crippen LogP contribution in [-0.2, 0) is 6.54 Å². The van der Waals surface area contributed by atoms with Gasteiger partial charge in [0.05, 0.1) is 18.5 Å². The molecule has 1 aromatic heterocycles. The topological polar surface area (TPSA) is 99.8 Å². The summed E-state index contributed by atoms with van der Waals surface area (Å²) in [5.74, 6) is 0.265. The SMILES string of the molecule is CCCCn1c(O)c(C2=Nc3ccccc3S[C@H](c3ccc(O)c(OC)c3)C2)c(=O)[nH]c1=S. The van der Waals surface area contributed by atoms with Gasteiger partial charge in [-0.05, 0) is 48.5 Å². The van der Waals surface area contributed by atoms with Crippen molar-refractivity contribution < 1.29 is 14.9 Å². The van der Waals surface area contributed by atoms with Gasteiger partial charge in [-0.3, -0.25) is 19.3 Å². The molecular weight excluding hydrogens is 458 g/mol. The molecule has 7 nitrogen and oxygen atoms in total. The van der Waals surface area contributed by atoms with E-state index in [1.54, 1.807) is 28.5 Å². The second kappa shape index (κ2) is 9.84. The van der Waals surface area contributed by atoms with Gasteiger partial charge in [-0.25, -0.2) is 0 Å². The Kier molecular flexibility index (Phi) is 6.90. The average Bonchev–Trinajstić information content (AvgIpc) is 2.98. The molecule has 9 heteroatoms. The number of thioether (sulfide) groups is 1. The largest absolute Gasteiger partial charge is 0.504 e. The second-order valence-electron chi connectivity index (χ2n) is 7.73.